The van der Waals surface area contributed by atoms with Gasteiger partial charge in [0.2, 0.25) is 0 Å². The molecule has 4 nitrogen and oxygen atoms in total. The molecule has 0 amide bonds. The van der Waals surface area contributed by atoms with Crippen LogP contribution in [0, 0.1) is 0 Å². The van der Waals surface area contributed by atoms with E-state index in [4.69, 9.17) is 9.15 Å². The molecule has 2 rings (SSSR count). The van der Waals surface area contributed by atoms with Crippen LogP contribution in [0.3, 0.4) is 0 Å². The van der Waals surface area contributed by atoms with Gasteiger partial charge in [0.25, 0.3) is 0 Å². The fourth-order valence-electron chi connectivity index (χ4n) is 1.96. The number of halogens is 1. The summed E-state index contributed by atoms with van der Waals surface area (Å²) in [5, 5.41) is 3.46. The first-order valence-electron chi connectivity index (χ1n) is 6.02. The van der Waals surface area contributed by atoms with Crippen molar-refractivity contribution < 1.29 is 9.15 Å². The Balaban J connectivity index is 1.68. The highest BCUT2D eigenvalue weighted by Gasteiger charge is 2.13. The average molecular weight is 303 g/mol. The molecule has 1 unspecified atom stereocenters. The highest BCUT2D eigenvalue weighted by atomic mass is 79.9. The van der Waals surface area contributed by atoms with Crippen molar-refractivity contribution in [2.75, 3.05) is 32.8 Å². The van der Waals surface area contributed by atoms with Crippen molar-refractivity contribution in [3.8, 4) is 0 Å². The van der Waals surface area contributed by atoms with Gasteiger partial charge in [-0.1, -0.05) is 0 Å². The molecule has 0 aliphatic carbocycles. The fraction of sp³-hybridized carbons (Fsp3) is 0.667. The van der Waals surface area contributed by atoms with E-state index in [9.17, 15) is 0 Å². The van der Waals surface area contributed by atoms with Crippen LogP contribution >= 0.6 is 15.9 Å². The largest absolute Gasteiger partial charge is 0.453 e. The summed E-state index contributed by atoms with van der Waals surface area (Å²) in [6.45, 7) is 7.84. The number of hydrogen-bond donors (Lipinski definition) is 1. The molecule has 2 heterocycles. The van der Waals surface area contributed by atoms with Crippen LogP contribution in [-0.4, -0.2) is 43.8 Å². The molecule has 0 bridgehead atoms. The van der Waals surface area contributed by atoms with Crippen LogP contribution < -0.4 is 5.32 Å². The van der Waals surface area contributed by atoms with Crippen LogP contribution in [0.2, 0.25) is 0 Å². The summed E-state index contributed by atoms with van der Waals surface area (Å²) >= 11 is 3.30. The number of rotatable bonds is 5. The molecule has 17 heavy (non-hydrogen) atoms. The Bertz CT molecular complexity index is 337. The molecule has 5 heteroatoms. The van der Waals surface area contributed by atoms with Gasteiger partial charge in [0.05, 0.1) is 19.8 Å². The summed E-state index contributed by atoms with van der Waals surface area (Å²) in [5.41, 5.74) is 0. The summed E-state index contributed by atoms with van der Waals surface area (Å²) in [4.78, 5) is 2.43. The Morgan fingerprint density at radius 1 is 1.41 bits per heavy atom. The van der Waals surface area contributed by atoms with Gasteiger partial charge in [-0.2, -0.15) is 0 Å². The number of furan rings is 1. The first kappa shape index (κ1) is 13.1. The number of ether oxygens (including phenoxy) is 1. The molecule has 0 saturated carbocycles. The number of nitrogens with zero attached hydrogens (tertiary/aromatic N) is 1. The second-order valence-corrected chi connectivity index (χ2v) is 5.18. The lowest BCUT2D eigenvalue weighted by atomic mass is 10.2. The Labute approximate surface area is 110 Å². The third-order valence-corrected chi connectivity index (χ3v) is 3.32. The Hall–Kier alpha value is -0.360. The van der Waals surface area contributed by atoms with Gasteiger partial charge in [-0.25, -0.2) is 0 Å². The van der Waals surface area contributed by atoms with Crippen molar-refractivity contribution in [3.05, 3.63) is 22.6 Å². The maximum Gasteiger partial charge on any atom is 0.169 e. The molecule has 1 aromatic rings. The molecule has 1 atom stereocenters. The van der Waals surface area contributed by atoms with Gasteiger partial charge in [-0.15, -0.1) is 0 Å². The van der Waals surface area contributed by atoms with Crippen molar-refractivity contribution >= 4 is 15.9 Å². The predicted octanol–water partition coefficient (Wildman–Crippen LogP) is 1.85. The van der Waals surface area contributed by atoms with Crippen molar-refractivity contribution in [1.82, 2.24) is 10.2 Å². The Morgan fingerprint density at radius 2 is 2.18 bits per heavy atom. The first-order valence-corrected chi connectivity index (χ1v) is 6.81. The smallest absolute Gasteiger partial charge is 0.169 e. The summed E-state index contributed by atoms with van der Waals surface area (Å²) in [6, 6.07) is 4.36. The van der Waals surface area contributed by atoms with E-state index >= 15 is 0 Å². The molecule has 96 valence electrons. The van der Waals surface area contributed by atoms with E-state index in [1.54, 1.807) is 0 Å². The molecule has 0 aromatic carbocycles. The van der Waals surface area contributed by atoms with Crippen LogP contribution in [-0.2, 0) is 11.3 Å². The molecule has 1 saturated heterocycles. The maximum absolute atomic E-state index is 5.44. The van der Waals surface area contributed by atoms with Gasteiger partial charge in [0.15, 0.2) is 4.67 Å². The minimum Gasteiger partial charge on any atom is -0.453 e. The molecule has 1 N–H and O–H groups in total. The van der Waals surface area contributed by atoms with Gasteiger partial charge in [0, 0.05) is 25.7 Å². The SMILES string of the molecule is CC(CN1CCOCC1)NCc1ccc(Br)o1. The van der Waals surface area contributed by atoms with Crippen molar-refractivity contribution in [3.63, 3.8) is 0 Å². The van der Waals surface area contributed by atoms with E-state index in [0.717, 1.165) is 49.8 Å². The summed E-state index contributed by atoms with van der Waals surface area (Å²) in [7, 11) is 0. The summed E-state index contributed by atoms with van der Waals surface area (Å²) < 4.78 is 11.6. The zero-order valence-corrected chi connectivity index (χ0v) is 11.7. The molecule has 1 aliphatic rings. The molecule has 1 aromatic heterocycles. The van der Waals surface area contributed by atoms with E-state index in [0.29, 0.717) is 6.04 Å². The van der Waals surface area contributed by atoms with E-state index in [1.807, 2.05) is 12.1 Å². The summed E-state index contributed by atoms with van der Waals surface area (Å²) in [5.74, 6) is 0.964. The molecule has 1 aliphatic heterocycles. The lowest BCUT2D eigenvalue weighted by molar-refractivity contribution is 0.0342. The normalized spacial score (nSPS) is 19.4. The van der Waals surface area contributed by atoms with Crippen molar-refractivity contribution in [2.45, 2.75) is 19.5 Å². The van der Waals surface area contributed by atoms with Gasteiger partial charge in [-0.3, -0.25) is 4.90 Å². The van der Waals surface area contributed by atoms with E-state index in [-0.39, 0.29) is 0 Å². The Kier molecular flexibility index (Phi) is 5.03. The van der Waals surface area contributed by atoms with Gasteiger partial charge in [0.1, 0.15) is 5.76 Å². The Morgan fingerprint density at radius 3 is 2.82 bits per heavy atom. The van der Waals surface area contributed by atoms with Gasteiger partial charge in [-0.05, 0) is 35.0 Å². The lowest BCUT2D eigenvalue weighted by Crippen LogP contribution is -2.44. The molecular weight excluding hydrogens is 284 g/mol. The summed E-state index contributed by atoms with van der Waals surface area (Å²) in [6.07, 6.45) is 0. The third kappa shape index (κ3) is 4.43. The first-order chi connectivity index (χ1) is 8.24. The highest BCUT2D eigenvalue weighted by molar-refractivity contribution is 9.10. The second kappa shape index (κ2) is 6.54. The fourth-order valence-corrected chi connectivity index (χ4v) is 2.30. The minimum atomic E-state index is 0.456. The van der Waals surface area contributed by atoms with E-state index < -0.39 is 0 Å². The monoisotopic (exact) mass is 302 g/mol. The molecule has 0 radical (unpaired) electrons. The highest BCUT2D eigenvalue weighted by Crippen LogP contribution is 2.13. The zero-order valence-electron chi connectivity index (χ0n) is 10.1. The number of nitrogens with one attached hydrogen (secondary N) is 1. The van der Waals surface area contributed by atoms with E-state index in [1.165, 1.54) is 0 Å². The topological polar surface area (TPSA) is 37.6 Å². The van der Waals surface area contributed by atoms with Crippen LogP contribution in [0.1, 0.15) is 12.7 Å². The van der Waals surface area contributed by atoms with Crippen LogP contribution in [0.4, 0.5) is 0 Å². The van der Waals surface area contributed by atoms with Crippen LogP contribution in [0.25, 0.3) is 0 Å². The van der Waals surface area contributed by atoms with Gasteiger partial charge >= 0.3 is 0 Å². The molecule has 0 spiro atoms. The van der Waals surface area contributed by atoms with Crippen LogP contribution in [0.5, 0.6) is 0 Å². The van der Waals surface area contributed by atoms with Gasteiger partial charge < -0.3 is 14.5 Å². The predicted molar refractivity (Wildman–Crippen MR) is 70.0 cm³/mol. The average Bonchev–Trinajstić information content (AvgIpc) is 2.74. The second-order valence-electron chi connectivity index (χ2n) is 4.40. The number of morpholine rings is 1. The molecular formula is C12H19BrN2O2. The maximum atomic E-state index is 5.44. The van der Waals surface area contributed by atoms with E-state index in [2.05, 4.69) is 33.1 Å². The quantitative estimate of drug-likeness (QED) is 0.901. The number of hydrogen-bond acceptors (Lipinski definition) is 4. The third-order valence-electron chi connectivity index (χ3n) is 2.89. The lowest BCUT2D eigenvalue weighted by Gasteiger charge is -2.29. The molecule has 1 fully saturated rings. The standard InChI is InChI=1S/C12H19BrN2O2/c1-10(9-15-4-6-16-7-5-15)14-8-11-2-3-12(13)17-11/h2-3,10,14H,4-9H2,1H3. The van der Waals surface area contributed by atoms with Crippen molar-refractivity contribution in [2.24, 2.45) is 0 Å². The van der Waals surface area contributed by atoms with Crippen LogP contribution in [0.15, 0.2) is 21.2 Å². The van der Waals surface area contributed by atoms with Crippen molar-refractivity contribution in [1.29, 1.82) is 0 Å². The minimum absolute atomic E-state index is 0.456. The zero-order chi connectivity index (χ0) is 12.1.